The molecule has 5 nitrogen and oxygen atoms in total. The molecule has 334 valence electrons. The zero-order valence-electron chi connectivity index (χ0n) is 38.0. The van der Waals surface area contributed by atoms with E-state index in [1.165, 1.54) is 231 Å². The number of unbranched alkanes of at least 4 members (excludes halogenated alkanes) is 38. The van der Waals surface area contributed by atoms with Gasteiger partial charge < -0.3 is 20.6 Å². The number of amides is 1. The van der Waals surface area contributed by atoms with E-state index in [4.69, 9.17) is 0 Å². The second-order valence-corrected chi connectivity index (χ2v) is 17.8. The Morgan fingerprint density at radius 1 is 0.446 bits per heavy atom. The third-order valence-electron chi connectivity index (χ3n) is 12.1. The van der Waals surface area contributed by atoms with Crippen LogP contribution >= 0.6 is 0 Å². The maximum atomic E-state index is 12.4. The van der Waals surface area contributed by atoms with Gasteiger partial charge in [-0.25, -0.2) is 0 Å². The van der Waals surface area contributed by atoms with Gasteiger partial charge in [0.2, 0.25) is 5.91 Å². The lowest BCUT2D eigenvalue weighted by Gasteiger charge is -2.21. The Hall–Kier alpha value is -0.910. The first-order valence-corrected chi connectivity index (χ1v) is 25.5. The number of carbonyl (C=O) groups excluding carboxylic acids is 1. The molecule has 0 bridgehead atoms. The summed E-state index contributed by atoms with van der Waals surface area (Å²) in [6.45, 7) is 4.21. The predicted molar refractivity (Wildman–Crippen MR) is 245 cm³/mol. The van der Waals surface area contributed by atoms with Gasteiger partial charge >= 0.3 is 0 Å². The predicted octanol–water partition coefficient (Wildman–Crippen LogP) is 15.2. The quantitative estimate of drug-likeness (QED) is 0.0365. The van der Waals surface area contributed by atoms with E-state index in [2.05, 4.69) is 19.2 Å². The Balaban J connectivity index is 3.44. The van der Waals surface area contributed by atoms with E-state index >= 15 is 0 Å². The van der Waals surface area contributed by atoms with E-state index < -0.39 is 18.2 Å². The molecule has 0 rings (SSSR count). The van der Waals surface area contributed by atoms with Crippen LogP contribution in [0.15, 0.2) is 12.2 Å². The lowest BCUT2D eigenvalue weighted by Crippen LogP contribution is -2.45. The summed E-state index contributed by atoms with van der Waals surface area (Å²) >= 11 is 0. The minimum absolute atomic E-state index is 0.0186. The normalized spacial score (nSPS) is 13.4. The molecule has 4 N–H and O–H groups in total. The molecular formula is C51H101NO4. The minimum Gasteiger partial charge on any atom is -0.394 e. The third-order valence-corrected chi connectivity index (χ3v) is 12.1. The summed E-state index contributed by atoms with van der Waals surface area (Å²) < 4.78 is 0. The maximum Gasteiger partial charge on any atom is 0.222 e. The van der Waals surface area contributed by atoms with Crippen LogP contribution in [-0.2, 0) is 4.79 Å². The largest absolute Gasteiger partial charge is 0.394 e. The molecule has 0 aromatic carbocycles. The van der Waals surface area contributed by atoms with Gasteiger partial charge in [0.05, 0.1) is 31.3 Å². The van der Waals surface area contributed by atoms with E-state index in [0.717, 1.165) is 25.7 Å². The fourth-order valence-electron chi connectivity index (χ4n) is 8.17. The van der Waals surface area contributed by atoms with Gasteiger partial charge in [-0.2, -0.15) is 0 Å². The van der Waals surface area contributed by atoms with Crippen molar-refractivity contribution in [3.63, 3.8) is 0 Å². The van der Waals surface area contributed by atoms with Crippen molar-refractivity contribution in [3.8, 4) is 0 Å². The zero-order chi connectivity index (χ0) is 40.8. The molecule has 0 aromatic rings. The molecule has 3 unspecified atom stereocenters. The van der Waals surface area contributed by atoms with Gasteiger partial charge in [0.25, 0.3) is 0 Å². The van der Waals surface area contributed by atoms with Gasteiger partial charge in [0, 0.05) is 0 Å². The Labute approximate surface area is 350 Å². The van der Waals surface area contributed by atoms with Crippen LogP contribution in [0, 0.1) is 0 Å². The molecule has 3 atom stereocenters. The van der Waals surface area contributed by atoms with E-state index in [-0.39, 0.29) is 18.9 Å². The van der Waals surface area contributed by atoms with Crippen LogP contribution in [0.4, 0.5) is 0 Å². The Bertz CT molecular complexity index is 788. The van der Waals surface area contributed by atoms with Gasteiger partial charge in [-0.3, -0.25) is 4.79 Å². The van der Waals surface area contributed by atoms with Crippen molar-refractivity contribution in [1.29, 1.82) is 0 Å². The highest BCUT2D eigenvalue weighted by Crippen LogP contribution is 2.18. The smallest absolute Gasteiger partial charge is 0.222 e. The van der Waals surface area contributed by atoms with Crippen molar-refractivity contribution in [2.75, 3.05) is 6.61 Å². The maximum absolute atomic E-state index is 12.4. The Kier molecular flexibility index (Phi) is 46.0. The SMILES string of the molecule is CCCCCCCCCC/C=C/C(O)C(CO)NC(=O)CC(O)CCCCCCCCCCCCCCCCCCCCCCCCCCCCCCCCC. The highest BCUT2D eigenvalue weighted by Gasteiger charge is 2.20. The van der Waals surface area contributed by atoms with Gasteiger partial charge in [0.1, 0.15) is 0 Å². The summed E-state index contributed by atoms with van der Waals surface area (Å²) in [5.41, 5.74) is 0. The lowest BCUT2D eigenvalue weighted by molar-refractivity contribution is -0.124. The van der Waals surface area contributed by atoms with Crippen molar-refractivity contribution >= 4 is 5.91 Å². The van der Waals surface area contributed by atoms with Crippen LogP contribution in [0.1, 0.15) is 284 Å². The first-order chi connectivity index (χ1) is 27.5. The van der Waals surface area contributed by atoms with Gasteiger partial charge in [0.15, 0.2) is 0 Å². The molecule has 0 heterocycles. The number of carbonyl (C=O) groups is 1. The van der Waals surface area contributed by atoms with Crippen LogP contribution in [0.25, 0.3) is 0 Å². The molecule has 0 aliphatic carbocycles. The molecule has 0 aromatic heterocycles. The molecule has 0 saturated carbocycles. The Morgan fingerprint density at radius 2 is 0.732 bits per heavy atom. The number of rotatable bonds is 47. The highest BCUT2D eigenvalue weighted by atomic mass is 16.3. The van der Waals surface area contributed by atoms with Crippen LogP contribution in [0.5, 0.6) is 0 Å². The van der Waals surface area contributed by atoms with Crippen LogP contribution < -0.4 is 5.32 Å². The number of hydrogen-bond acceptors (Lipinski definition) is 4. The fraction of sp³-hybridized carbons (Fsp3) is 0.941. The molecular weight excluding hydrogens is 691 g/mol. The van der Waals surface area contributed by atoms with Crippen molar-refractivity contribution in [1.82, 2.24) is 5.32 Å². The minimum atomic E-state index is -0.923. The number of aliphatic hydroxyl groups excluding tert-OH is 3. The van der Waals surface area contributed by atoms with Crippen LogP contribution in [0.2, 0.25) is 0 Å². The van der Waals surface area contributed by atoms with Crippen molar-refractivity contribution < 1.29 is 20.1 Å². The lowest BCUT2D eigenvalue weighted by atomic mass is 10.0. The van der Waals surface area contributed by atoms with Crippen molar-refractivity contribution in [2.45, 2.75) is 302 Å². The third kappa shape index (κ3) is 42.7. The number of hydrogen-bond donors (Lipinski definition) is 4. The van der Waals surface area contributed by atoms with Gasteiger partial charge in [-0.15, -0.1) is 0 Å². The summed E-state index contributed by atoms with van der Waals surface area (Å²) in [6, 6.07) is -0.738. The van der Waals surface area contributed by atoms with Gasteiger partial charge in [-0.1, -0.05) is 270 Å². The topological polar surface area (TPSA) is 89.8 Å². The van der Waals surface area contributed by atoms with E-state index in [9.17, 15) is 20.1 Å². The van der Waals surface area contributed by atoms with Gasteiger partial charge in [-0.05, 0) is 19.3 Å². The summed E-state index contributed by atoms with van der Waals surface area (Å²) in [7, 11) is 0. The molecule has 0 aliphatic heterocycles. The average molecular weight is 792 g/mol. The molecule has 0 saturated heterocycles. The average Bonchev–Trinajstić information content (AvgIpc) is 3.19. The molecule has 0 aliphatic rings. The number of allylic oxidation sites excluding steroid dienone is 1. The summed E-state index contributed by atoms with van der Waals surface area (Å²) in [5.74, 6) is -0.312. The van der Waals surface area contributed by atoms with Crippen molar-refractivity contribution in [2.24, 2.45) is 0 Å². The van der Waals surface area contributed by atoms with Crippen molar-refractivity contribution in [3.05, 3.63) is 12.2 Å². The number of nitrogens with one attached hydrogen (secondary N) is 1. The number of aliphatic hydroxyl groups is 3. The Morgan fingerprint density at radius 3 is 1.04 bits per heavy atom. The summed E-state index contributed by atoms with van der Waals surface area (Å²) in [4.78, 5) is 12.4. The van der Waals surface area contributed by atoms with Crippen LogP contribution in [-0.4, -0.2) is 46.1 Å². The first-order valence-electron chi connectivity index (χ1n) is 25.5. The molecule has 0 spiro atoms. The summed E-state index contributed by atoms with van der Waals surface area (Å²) in [5, 5.41) is 33.2. The second-order valence-electron chi connectivity index (χ2n) is 17.8. The van der Waals surface area contributed by atoms with Crippen LogP contribution in [0.3, 0.4) is 0 Å². The summed E-state index contributed by atoms with van der Waals surface area (Å²) in [6.07, 6.45) is 56.9. The fourth-order valence-corrected chi connectivity index (χ4v) is 8.17. The molecule has 1 amide bonds. The second kappa shape index (κ2) is 46.8. The van der Waals surface area contributed by atoms with E-state index in [1.807, 2.05) is 6.08 Å². The zero-order valence-corrected chi connectivity index (χ0v) is 38.0. The molecule has 0 fully saturated rings. The monoisotopic (exact) mass is 792 g/mol. The molecule has 5 heteroatoms. The van der Waals surface area contributed by atoms with E-state index in [1.54, 1.807) is 6.08 Å². The first kappa shape index (κ1) is 55.1. The molecule has 56 heavy (non-hydrogen) atoms. The highest BCUT2D eigenvalue weighted by molar-refractivity contribution is 5.76. The standard InChI is InChI=1S/C51H101NO4/c1-3-5-7-9-11-13-15-16-17-18-19-20-21-22-23-24-25-26-27-28-29-30-31-32-33-34-35-36-38-40-42-44-48(54)46-51(56)52-49(47-53)50(55)45-43-41-39-37-14-12-10-8-6-4-2/h43,45,48-50,53-55H,3-42,44,46-47H2,1-2H3,(H,52,56)/b45-43+. The van der Waals surface area contributed by atoms with E-state index in [0.29, 0.717) is 6.42 Å². The molecule has 0 radical (unpaired) electrons.